The first-order chi connectivity index (χ1) is 9.99. The molecule has 0 saturated carbocycles. The maximum absolute atomic E-state index is 12.1. The monoisotopic (exact) mass is 294 g/mol. The van der Waals surface area contributed by atoms with E-state index in [-0.39, 0.29) is 5.97 Å². The molecular weight excluding hydrogens is 268 g/mol. The molecule has 5 heteroatoms. The fraction of sp³-hybridized carbons (Fsp3) is 0.562. The van der Waals surface area contributed by atoms with Gasteiger partial charge in [-0.25, -0.2) is 4.79 Å². The Morgan fingerprint density at radius 2 is 2.10 bits per heavy atom. The highest BCUT2D eigenvalue weighted by Crippen LogP contribution is 2.25. The summed E-state index contributed by atoms with van der Waals surface area (Å²) in [7, 11) is 1.67. The van der Waals surface area contributed by atoms with Gasteiger partial charge in [-0.1, -0.05) is 13.8 Å². The normalized spacial score (nSPS) is 10.7. The first-order valence-electron chi connectivity index (χ1n) is 7.30. The van der Waals surface area contributed by atoms with Crippen molar-refractivity contribution in [3.8, 4) is 0 Å². The van der Waals surface area contributed by atoms with Crippen LogP contribution in [0.15, 0.2) is 18.2 Å². The Balaban J connectivity index is 3.12. The summed E-state index contributed by atoms with van der Waals surface area (Å²) in [5.74, 6) is 0.125. The van der Waals surface area contributed by atoms with Gasteiger partial charge in [-0.15, -0.1) is 0 Å². The van der Waals surface area contributed by atoms with Crippen molar-refractivity contribution in [3.63, 3.8) is 0 Å². The SMILES string of the molecule is CCOC(=O)c1cc(N)ccc1N(CCOC)CC(C)C. The average molecular weight is 294 g/mol. The number of methoxy groups -OCH3 is 1. The molecule has 0 spiro atoms. The molecule has 118 valence electrons. The van der Waals surface area contributed by atoms with E-state index < -0.39 is 0 Å². The molecule has 0 aliphatic heterocycles. The number of nitrogens with two attached hydrogens (primary N) is 1. The maximum atomic E-state index is 12.1. The summed E-state index contributed by atoms with van der Waals surface area (Å²) >= 11 is 0. The van der Waals surface area contributed by atoms with Crippen molar-refractivity contribution in [2.75, 3.05) is 44.0 Å². The summed E-state index contributed by atoms with van der Waals surface area (Å²) < 4.78 is 10.3. The Labute approximate surface area is 127 Å². The van der Waals surface area contributed by atoms with E-state index in [2.05, 4.69) is 18.7 Å². The third kappa shape index (κ3) is 5.27. The largest absolute Gasteiger partial charge is 0.462 e. The van der Waals surface area contributed by atoms with Gasteiger partial charge < -0.3 is 20.1 Å². The number of carbonyl (C=O) groups is 1. The van der Waals surface area contributed by atoms with Crippen molar-refractivity contribution in [2.45, 2.75) is 20.8 Å². The summed E-state index contributed by atoms with van der Waals surface area (Å²) in [6.07, 6.45) is 0. The van der Waals surface area contributed by atoms with Crippen LogP contribution in [0, 0.1) is 5.92 Å². The molecule has 0 atom stereocenters. The summed E-state index contributed by atoms with van der Waals surface area (Å²) in [5, 5.41) is 0. The number of nitrogen functional groups attached to an aromatic ring is 1. The van der Waals surface area contributed by atoms with Crippen LogP contribution in [0.25, 0.3) is 0 Å². The predicted molar refractivity (Wildman–Crippen MR) is 85.7 cm³/mol. The second-order valence-electron chi connectivity index (χ2n) is 5.33. The first-order valence-corrected chi connectivity index (χ1v) is 7.30. The average Bonchev–Trinajstić information content (AvgIpc) is 2.43. The van der Waals surface area contributed by atoms with Crippen LogP contribution < -0.4 is 10.6 Å². The van der Waals surface area contributed by atoms with Gasteiger partial charge in [0.1, 0.15) is 0 Å². The lowest BCUT2D eigenvalue weighted by molar-refractivity contribution is 0.0527. The van der Waals surface area contributed by atoms with E-state index in [0.29, 0.717) is 36.9 Å². The van der Waals surface area contributed by atoms with Gasteiger partial charge in [0.05, 0.1) is 24.5 Å². The number of nitrogens with zero attached hydrogens (tertiary/aromatic N) is 1. The van der Waals surface area contributed by atoms with Crippen molar-refractivity contribution in [3.05, 3.63) is 23.8 Å². The lowest BCUT2D eigenvalue weighted by Crippen LogP contribution is -2.32. The van der Waals surface area contributed by atoms with Gasteiger partial charge >= 0.3 is 5.97 Å². The lowest BCUT2D eigenvalue weighted by Gasteiger charge is -2.28. The van der Waals surface area contributed by atoms with Crippen LogP contribution >= 0.6 is 0 Å². The number of ether oxygens (including phenoxy) is 2. The van der Waals surface area contributed by atoms with Gasteiger partial charge in [0.2, 0.25) is 0 Å². The number of hydrogen-bond donors (Lipinski definition) is 1. The van der Waals surface area contributed by atoms with Crippen LogP contribution in [0.3, 0.4) is 0 Å². The van der Waals surface area contributed by atoms with Gasteiger partial charge in [-0.2, -0.15) is 0 Å². The zero-order valence-corrected chi connectivity index (χ0v) is 13.4. The zero-order valence-electron chi connectivity index (χ0n) is 13.4. The zero-order chi connectivity index (χ0) is 15.8. The third-order valence-corrected chi connectivity index (χ3v) is 3.01. The second kappa shape index (κ2) is 8.52. The van der Waals surface area contributed by atoms with Gasteiger partial charge in [-0.05, 0) is 31.0 Å². The smallest absolute Gasteiger partial charge is 0.340 e. The fourth-order valence-corrected chi connectivity index (χ4v) is 2.15. The molecule has 0 aliphatic carbocycles. The summed E-state index contributed by atoms with van der Waals surface area (Å²) in [5.41, 5.74) is 7.71. The van der Waals surface area contributed by atoms with Crippen LogP contribution in [0.4, 0.5) is 11.4 Å². The molecule has 0 heterocycles. The molecule has 0 aromatic heterocycles. The highest BCUT2D eigenvalue weighted by molar-refractivity contribution is 5.97. The van der Waals surface area contributed by atoms with Gasteiger partial charge in [-0.3, -0.25) is 0 Å². The van der Waals surface area contributed by atoms with E-state index in [9.17, 15) is 4.79 Å². The van der Waals surface area contributed by atoms with Crippen LogP contribution in [0.2, 0.25) is 0 Å². The number of benzene rings is 1. The molecule has 0 radical (unpaired) electrons. The van der Waals surface area contributed by atoms with E-state index in [4.69, 9.17) is 15.2 Å². The summed E-state index contributed by atoms with van der Waals surface area (Å²) in [6, 6.07) is 5.35. The summed E-state index contributed by atoms with van der Waals surface area (Å²) in [4.78, 5) is 14.3. The first kappa shape index (κ1) is 17.3. The van der Waals surface area contributed by atoms with Gasteiger partial charge in [0.15, 0.2) is 0 Å². The number of hydrogen-bond acceptors (Lipinski definition) is 5. The van der Waals surface area contributed by atoms with Crippen molar-refractivity contribution in [1.82, 2.24) is 0 Å². The molecule has 21 heavy (non-hydrogen) atoms. The fourth-order valence-electron chi connectivity index (χ4n) is 2.15. The minimum Gasteiger partial charge on any atom is -0.462 e. The molecular formula is C16H26N2O3. The summed E-state index contributed by atoms with van der Waals surface area (Å²) in [6.45, 7) is 8.56. The van der Waals surface area contributed by atoms with Crippen LogP contribution in [-0.2, 0) is 9.47 Å². The Morgan fingerprint density at radius 1 is 1.38 bits per heavy atom. The van der Waals surface area contributed by atoms with Crippen LogP contribution in [0.1, 0.15) is 31.1 Å². The van der Waals surface area contributed by atoms with E-state index in [1.54, 1.807) is 26.2 Å². The molecule has 0 fully saturated rings. The predicted octanol–water partition coefficient (Wildman–Crippen LogP) is 2.55. The number of carbonyl (C=O) groups excluding carboxylic acids is 1. The maximum Gasteiger partial charge on any atom is 0.340 e. The Morgan fingerprint density at radius 3 is 2.67 bits per heavy atom. The molecule has 0 saturated heterocycles. The second-order valence-corrected chi connectivity index (χ2v) is 5.33. The van der Waals surface area contributed by atoms with Crippen LogP contribution in [0.5, 0.6) is 0 Å². The topological polar surface area (TPSA) is 64.8 Å². The molecule has 0 amide bonds. The van der Waals surface area contributed by atoms with E-state index >= 15 is 0 Å². The Hall–Kier alpha value is -1.75. The highest BCUT2D eigenvalue weighted by atomic mass is 16.5. The molecule has 0 aliphatic rings. The standard InChI is InChI=1S/C16H26N2O3/c1-5-21-16(19)14-10-13(17)6-7-15(14)18(8-9-20-4)11-12(2)3/h6-7,10,12H,5,8-9,11,17H2,1-4H3. The van der Waals surface area contributed by atoms with Gasteiger partial charge in [0, 0.05) is 25.9 Å². The van der Waals surface area contributed by atoms with Crippen LogP contribution in [-0.4, -0.2) is 39.4 Å². The van der Waals surface area contributed by atoms with E-state index in [1.807, 2.05) is 6.07 Å². The van der Waals surface area contributed by atoms with Crippen molar-refractivity contribution >= 4 is 17.3 Å². The van der Waals surface area contributed by atoms with Crippen molar-refractivity contribution in [1.29, 1.82) is 0 Å². The molecule has 0 unspecified atom stereocenters. The molecule has 1 rings (SSSR count). The molecule has 5 nitrogen and oxygen atoms in total. The minimum atomic E-state index is -0.342. The molecule has 1 aromatic rings. The number of esters is 1. The highest BCUT2D eigenvalue weighted by Gasteiger charge is 2.18. The molecule has 0 bridgehead atoms. The number of anilines is 2. The van der Waals surface area contributed by atoms with Crippen molar-refractivity contribution in [2.24, 2.45) is 5.92 Å². The Bertz CT molecular complexity index is 461. The Kier molecular flexibility index (Phi) is 7.02. The van der Waals surface area contributed by atoms with Gasteiger partial charge in [0.25, 0.3) is 0 Å². The molecule has 2 N–H and O–H groups in total. The van der Waals surface area contributed by atoms with Crippen molar-refractivity contribution < 1.29 is 14.3 Å². The van der Waals surface area contributed by atoms with E-state index in [0.717, 1.165) is 12.2 Å². The third-order valence-electron chi connectivity index (χ3n) is 3.01. The molecule has 1 aromatic carbocycles. The minimum absolute atomic E-state index is 0.342. The number of rotatable bonds is 8. The quantitative estimate of drug-likeness (QED) is 0.589. The lowest BCUT2D eigenvalue weighted by atomic mass is 10.1. The van der Waals surface area contributed by atoms with E-state index in [1.165, 1.54) is 0 Å².